The van der Waals surface area contributed by atoms with Gasteiger partial charge in [0.2, 0.25) is 0 Å². The highest BCUT2D eigenvalue weighted by Crippen LogP contribution is 2.34. The molecular weight excluding hydrogens is 447 g/mol. The van der Waals surface area contributed by atoms with Crippen LogP contribution in [-0.4, -0.2) is 48.9 Å². The predicted molar refractivity (Wildman–Crippen MR) is 111 cm³/mol. The fourth-order valence-electron chi connectivity index (χ4n) is 3.29. The summed E-state index contributed by atoms with van der Waals surface area (Å²) < 4.78 is 41.8. The molecule has 1 saturated heterocycles. The van der Waals surface area contributed by atoms with E-state index in [1.807, 2.05) is 18.9 Å². The number of piperazine rings is 1. The van der Waals surface area contributed by atoms with Crippen LogP contribution in [0.2, 0.25) is 0 Å². The minimum Gasteiger partial charge on any atom is -0.322 e. The number of hydrogen-bond donors (Lipinski definition) is 1. The highest BCUT2D eigenvalue weighted by Gasteiger charge is 2.34. The summed E-state index contributed by atoms with van der Waals surface area (Å²) in [4.78, 5) is 16.6. The maximum Gasteiger partial charge on any atom is 0.416 e. The van der Waals surface area contributed by atoms with Gasteiger partial charge < -0.3 is 10.2 Å². The van der Waals surface area contributed by atoms with E-state index in [1.165, 1.54) is 12.1 Å². The number of benzene rings is 2. The molecule has 1 aliphatic rings. The SMILES string of the molecule is Cc1cc(C(=O)Nc2ccc(CN3CCN(C)CC3)c(C(F)(F)F)c2)ccc1Br. The fraction of sp³-hybridized carbons (Fsp3) is 0.381. The third-order valence-electron chi connectivity index (χ3n) is 5.08. The zero-order chi connectivity index (χ0) is 21.2. The molecule has 1 amide bonds. The van der Waals surface area contributed by atoms with Gasteiger partial charge in [0.1, 0.15) is 0 Å². The van der Waals surface area contributed by atoms with Gasteiger partial charge in [-0.25, -0.2) is 0 Å². The van der Waals surface area contributed by atoms with Crippen molar-refractivity contribution in [1.29, 1.82) is 0 Å². The van der Waals surface area contributed by atoms with Gasteiger partial charge in [0.15, 0.2) is 0 Å². The summed E-state index contributed by atoms with van der Waals surface area (Å²) in [6, 6.07) is 9.07. The number of carbonyl (C=O) groups is 1. The number of aryl methyl sites for hydroxylation is 1. The molecule has 0 aliphatic carbocycles. The molecule has 2 aromatic carbocycles. The standard InChI is InChI=1S/C21H23BrF3N3O/c1-14-11-15(4-6-19(14)22)20(29)26-17-5-3-16(18(12-17)21(23,24)25)13-28-9-7-27(2)8-10-28/h3-6,11-12H,7-10,13H2,1-2H3,(H,26,29). The maximum atomic E-state index is 13.7. The molecule has 0 bridgehead atoms. The molecule has 156 valence electrons. The van der Waals surface area contributed by atoms with Gasteiger partial charge in [0.25, 0.3) is 5.91 Å². The van der Waals surface area contributed by atoms with Crippen molar-refractivity contribution in [2.24, 2.45) is 0 Å². The summed E-state index contributed by atoms with van der Waals surface area (Å²) in [5.41, 5.74) is 0.905. The summed E-state index contributed by atoms with van der Waals surface area (Å²) in [6.45, 7) is 5.22. The number of rotatable bonds is 4. The van der Waals surface area contributed by atoms with Crippen molar-refractivity contribution in [3.8, 4) is 0 Å². The molecule has 4 nitrogen and oxygen atoms in total. The molecule has 0 radical (unpaired) electrons. The number of anilines is 1. The molecule has 0 aromatic heterocycles. The van der Waals surface area contributed by atoms with Crippen molar-refractivity contribution in [3.05, 3.63) is 63.1 Å². The van der Waals surface area contributed by atoms with Crippen LogP contribution in [0.4, 0.5) is 18.9 Å². The Morgan fingerprint density at radius 3 is 2.41 bits per heavy atom. The summed E-state index contributed by atoms with van der Waals surface area (Å²) in [7, 11) is 2.00. The number of alkyl halides is 3. The van der Waals surface area contributed by atoms with E-state index >= 15 is 0 Å². The number of likely N-dealkylation sites (N-methyl/N-ethyl adjacent to an activating group) is 1. The van der Waals surface area contributed by atoms with E-state index in [9.17, 15) is 18.0 Å². The van der Waals surface area contributed by atoms with E-state index < -0.39 is 17.6 Å². The Morgan fingerprint density at radius 1 is 1.10 bits per heavy atom. The number of amides is 1. The molecule has 1 N–H and O–H groups in total. The van der Waals surface area contributed by atoms with Crippen LogP contribution < -0.4 is 5.32 Å². The highest BCUT2D eigenvalue weighted by atomic mass is 79.9. The molecule has 1 aliphatic heterocycles. The Labute approximate surface area is 176 Å². The first kappa shape index (κ1) is 21.8. The lowest BCUT2D eigenvalue weighted by Crippen LogP contribution is -2.44. The van der Waals surface area contributed by atoms with Crippen LogP contribution in [0, 0.1) is 6.92 Å². The van der Waals surface area contributed by atoms with Gasteiger partial charge in [-0.15, -0.1) is 0 Å². The maximum absolute atomic E-state index is 13.7. The average molecular weight is 470 g/mol. The van der Waals surface area contributed by atoms with Gasteiger partial charge in [-0.05, 0) is 55.4 Å². The number of nitrogens with one attached hydrogen (secondary N) is 1. The third-order valence-corrected chi connectivity index (χ3v) is 5.97. The molecule has 0 saturated carbocycles. The molecule has 0 atom stereocenters. The zero-order valence-electron chi connectivity index (χ0n) is 16.3. The van der Waals surface area contributed by atoms with Crippen molar-refractivity contribution < 1.29 is 18.0 Å². The molecule has 2 aromatic rings. The Morgan fingerprint density at radius 2 is 1.79 bits per heavy atom. The van der Waals surface area contributed by atoms with Crippen molar-refractivity contribution in [2.45, 2.75) is 19.6 Å². The number of halogens is 4. The monoisotopic (exact) mass is 469 g/mol. The van der Waals surface area contributed by atoms with Gasteiger partial charge >= 0.3 is 6.18 Å². The van der Waals surface area contributed by atoms with Crippen molar-refractivity contribution in [2.75, 3.05) is 38.5 Å². The van der Waals surface area contributed by atoms with Gasteiger partial charge in [0.05, 0.1) is 5.56 Å². The molecule has 3 rings (SSSR count). The smallest absolute Gasteiger partial charge is 0.322 e. The van der Waals surface area contributed by atoms with E-state index in [4.69, 9.17) is 0 Å². The van der Waals surface area contributed by atoms with Gasteiger partial charge in [0, 0.05) is 48.4 Å². The van der Waals surface area contributed by atoms with E-state index in [1.54, 1.807) is 18.2 Å². The van der Waals surface area contributed by atoms with Crippen molar-refractivity contribution >= 4 is 27.5 Å². The molecule has 1 heterocycles. The first-order chi connectivity index (χ1) is 13.6. The quantitative estimate of drug-likeness (QED) is 0.699. The molecular formula is C21H23BrF3N3O. The third kappa shape index (κ3) is 5.58. The Balaban J connectivity index is 1.79. The second-order valence-electron chi connectivity index (χ2n) is 7.37. The van der Waals surface area contributed by atoms with E-state index in [-0.39, 0.29) is 17.8 Å². The van der Waals surface area contributed by atoms with Crippen LogP contribution in [0.1, 0.15) is 27.0 Å². The van der Waals surface area contributed by atoms with E-state index in [0.717, 1.165) is 42.3 Å². The lowest BCUT2D eigenvalue weighted by Gasteiger charge is -2.33. The molecule has 29 heavy (non-hydrogen) atoms. The minimum absolute atomic E-state index is 0.130. The first-order valence-corrected chi connectivity index (χ1v) is 10.1. The second-order valence-corrected chi connectivity index (χ2v) is 8.22. The van der Waals surface area contributed by atoms with Crippen molar-refractivity contribution in [3.63, 3.8) is 0 Å². The minimum atomic E-state index is -4.49. The number of nitrogens with zero attached hydrogens (tertiary/aromatic N) is 2. The number of hydrogen-bond acceptors (Lipinski definition) is 3. The first-order valence-electron chi connectivity index (χ1n) is 9.32. The summed E-state index contributed by atoms with van der Waals surface area (Å²) in [5.74, 6) is -0.444. The Hall–Kier alpha value is -1.90. The second kappa shape index (κ2) is 8.85. The Bertz CT molecular complexity index is 893. The average Bonchev–Trinajstić information content (AvgIpc) is 2.66. The van der Waals surface area contributed by atoms with Crippen LogP contribution in [0.3, 0.4) is 0 Å². The van der Waals surface area contributed by atoms with E-state index in [2.05, 4.69) is 26.1 Å². The van der Waals surface area contributed by atoms with Crippen LogP contribution in [0.15, 0.2) is 40.9 Å². The summed E-state index contributed by atoms with van der Waals surface area (Å²) >= 11 is 3.37. The number of carbonyl (C=O) groups excluding carboxylic acids is 1. The largest absolute Gasteiger partial charge is 0.416 e. The zero-order valence-corrected chi connectivity index (χ0v) is 17.9. The van der Waals surface area contributed by atoms with E-state index in [0.29, 0.717) is 5.56 Å². The topological polar surface area (TPSA) is 35.6 Å². The van der Waals surface area contributed by atoms with Crippen LogP contribution in [0.25, 0.3) is 0 Å². The molecule has 8 heteroatoms. The molecule has 1 fully saturated rings. The summed E-state index contributed by atoms with van der Waals surface area (Å²) in [5, 5.41) is 2.58. The lowest BCUT2D eigenvalue weighted by molar-refractivity contribution is -0.138. The fourth-order valence-corrected chi connectivity index (χ4v) is 3.54. The summed E-state index contributed by atoms with van der Waals surface area (Å²) in [6.07, 6.45) is -4.49. The van der Waals surface area contributed by atoms with Gasteiger partial charge in [-0.3, -0.25) is 9.69 Å². The van der Waals surface area contributed by atoms with Crippen LogP contribution in [-0.2, 0) is 12.7 Å². The van der Waals surface area contributed by atoms with Crippen LogP contribution >= 0.6 is 15.9 Å². The normalized spacial score (nSPS) is 16.1. The van der Waals surface area contributed by atoms with Gasteiger partial charge in [-0.2, -0.15) is 13.2 Å². The van der Waals surface area contributed by atoms with Gasteiger partial charge in [-0.1, -0.05) is 22.0 Å². The lowest BCUT2D eigenvalue weighted by atomic mass is 10.0. The van der Waals surface area contributed by atoms with Crippen molar-refractivity contribution in [1.82, 2.24) is 9.80 Å². The predicted octanol–water partition coefficient (Wildman–Crippen LogP) is 4.78. The molecule has 0 unspecified atom stereocenters. The highest BCUT2D eigenvalue weighted by molar-refractivity contribution is 9.10. The Kier molecular flexibility index (Phi) is 6.65. The van der Waals surface area contributed by atoms with Crippen LogP contribution in [0.5, 0.6) is 0 Å². The molecule has 0 spiro atoms.